The number of nitrogens with zero attached hydrogens (tertiary/aromatic N) is 2. The predicted molar refractivity (Wildman–Crippen MR) is 90.1 cm³/mol. The Labute approximate surface area is 145 Å². The highest BCUT2D eigenvalue weighted by molar-refractivity contribution is 6.39. The van der Waals surface area contributed by atoms with Crippen LogP contribution in [0, 0.1) is 0 Å². The standard InChI is InChI=1S/C14H17Cl2N3O2.ClH/c1-17-9-12(20)18-5-7-19(8-6-18)14(21)13-10(15)3-2-4-11(13)16;/h2-4,17H,5-9H2,1H3;1H. The maximum atomic E-state index is 12.5. The van der Waals surface area contributed by atoms with Crippen LogP contribution in [0.2, 0.25) is 10.0 Å². The SMILES string of the molecule is CNCC(=O)N1CCN(C(=O)c2c(Cl)cccc2Cl)CC1.Cl. The smallest absolute Gasteiger partial charge is 0.257 e. The van der Waals surface area contributed by atoms with Crippen LogP contribution in [0.4, 0.5) is 0 Å². The Morgan fingerprint density at radius 2 is 1.59 bits per heavy atom. The second kappa shape index (κ2) is 8.58. The number of carbonyl (C=O) groups excluding carboxylic acids is 2. The molecule has 22 heavy (non-hydrogen) atoms. The molecule has 122 valence electrons. The first-order valence-electron chi connectivity index (χ1n) is 6.70. The van der Waals surface area contributed by atoms with Crippen molar-refractivity contribution in [2.24, 2.45) is 0 Å². The van der Waals surface area contributed by atoms with Gasteiger partial charge in [-0.15, -0.1) is 12.4 Å². The Balaban J connectivity index is 0.00000242. The fourth-order valence-corrected chi connectivity index (χ4v) is 2.84. The van der Waals surface area contributed by atoms with E-state index in [-0.39, 0.29) is 24.2 Å². The molecular formula is C14H18Cl3N3O2. The summed E-state index contributed by atoms with van der Waals surface area (Å²) in [5.74, 6) is -0.147. The average molecular weight is 367 g/mol. The van der Waals surface area contributed by atoms with Crippen molar-refractivity contribution in [3.05, 3.63) is 33.8 Å². The minimum Gasteiger partial charge on any atom is -0.338 e. The number of amides is 2. The molecule has 0 unspecified atom stereocenters. The van der Waals surface area contributed by atoms with Crippen LogP contribution in [0.1, 0.15) is 10.4 Å². The van der Waals surface area contributed by atoms with Crippen LogP contribution in [0.3, 0.4) is 0 Å². The zero-order valence-electron chi connectivity index (χ0n) is 12.1. The lowest BCUT2D eigenvalue weighted by atomic mass is 10.1. The first-order chi connectivity index (χ1) is 10.0. The van der Waals surface area contributed by atoms with E-state index in [1.165, 1.54) is 0 Å². The number of hydrogen-bond acceptors (Lipinski definition) is 3. The van der Waals surface area contributed by atoms with Gasteiger partial charge < -0.3 is 15.1 Å². The van der Waals surface area contributed by atoms with Crippen LogP contribution in [0.15, 0.2) is 18.2 Å². The van der Waals surface area contributed by atoms with Crippen molar-refractivity contribution in [1.82, 2.24) is 15.1 Å². The van der Waals surface area contributed by atoms with E-state index < -0.39 is 0 Å². The Hall–Kier alpha value is -1.01. The van der Waals surface area contributed by atoms with Gasteiger partial charge in [0.05, 0.1) is 22.2 Å². The van der Waals surface area contributed by atoms with Crippen LogP contribution >= 0.6 is 35.6 Å². The summed E-state index contributed by atoms with van der Waals surface area (Å²) in [6.07, 6.45) is 0. The van der Waals surface area contributed by atoms with E-state index in [1.54, 1.807) is 35.0 Å². The highest BCUT2D eigenvalue weighted by Crippen LogP contribution is 2.26. The molecule has 0 aliphatic carbocycles. The molecule has 2 rings (SSSR count). The number of hydrogen-bond donors (Lipinski definition) is 1. The molecule has 0 spiro atoms. The minimum absolute atomic E-state index is 0. The molecule has 0 bridgehead atoms. The van der Waals surface area contributed by atoms with E-state index >= 15 is 0 Å². The van der Waals surface area contributed by atoms with Gasteiger partial charge in [0.15, 0.2) is 0 Å². The highest BCUT2D eigenvalue weighted by Gasteiger charge is 2.26. The summed E-state index contributed by atoms with van der Waals surface area (Å²) < 4.78 is 0. The van der Waals surface area contributed by atoms with Gasteiger partial charge >= 0.3 is 0 Å². The van der Waals surface area contributed by atoms with E-state index in [4.69, 9.17) is 23.2 Å². The van der Waals surface area contributed by atoms with Gasteiger partial charge in [0, 0.05) is 26.2 Å². The molecule has 1 heterocycles. The molecule has 0 saturated carbocycles. The fraction of sp³-hybridized carbons (Fsp3) is 0.429. The average Bonchev–Trinajstić information content (AvgIpc) is 2.47. The summed E-state index contributed by atoms with van der Waals surface area (Å²) in [6.45, 7) is 2.32. The first-order valence-corrected chi connectivity index (χ1v) is 7.46. The molecule has 5 nitrogen and oxygen atoms in total. The lowest BCUT2D eigenvalue weighted by molar-refractivity contribution is -0.131. The van der Waals surface area contributed by atoms with Crippen LogP contribution < -0.4 is 5.32 Å². The minimum atomic E-state index is -0.189. The van der Waals surface area contributed by atoms with Crippen LogP contribution in [0.25, 0.3) is 0 Å². The molecule has 1 saturated heterocycles. The summed E-state index contributed by atoms with van der Waals surface area (Å²) in [7, 11) is 1.73. The van der Waals surface area contributed by atoms with Crippen molar-refractivity contribution in [3.8, 4) is 0 Å². The highest BCUT2D eigenvalue weighted by atomic mass is 35.5. The lowest BCUT2D eigenvalue weighted by Crippen LogP contribution is -2.52. The number of benzene rings is 1. The quantitative estimate of drug-likeness (QED) is 0.889. The molecule has 8 heteroatoms. The maximum Gasteiger partial charge on any atom is 0.257 e. The molecule has 0 atom stereocenters. The molecular weight excluding hydrogens is 349 g/mol. The van der Waals surface area contributed by atoms with Crippen molar-refractivity contribution in [1.29, 1.82) is 0 Å². The zero-order valence-corrected chi connectivity index (χ0v) is 14.5. The normalized spacial score (nSPS) is 14.5. The molecule has 1 fully saturated rings. The summed E-state index contributed by atoms with van der Waals surface area (Å²) >= 11 is 12.1. The number of likely N-dealkylation sites (N-methyl/N-ethyl adjacent to an activating group) is 1. The second-order valence-corrected chi connectivity index (χ2v) is 5.61. The Morgan fingerprint density at radius 3 is 2.09 bits per heavy atom. The molecule has 0 radical (unpaired) electrons. The first kappa shape index (κ1) is 19.0. The van der Waals surface area contributed by atoms with E-state index in [9.17, 15) is 9.59 Å². The largest absolute Gasteiger partial charge is 0.338 e. The zero-order chi connectivity index (χ0) is 15.4. The topological polar surface area (TPSA) is 52.7 Å². The predicted octanol–water partition coefficient (Wildman–Crippen LogP) is 1.92. The van der Waals surface area contributed by atoms with Gasteiger partial charge in [-0.1, -0.05) is 29.3 Å². The van der Waals surface area contributed by atoms with E-state index in [0.717, 1.165) is 0 Å². The second-order valence-electron chi connectivity index (χ2n) is 4.80. The summed E-state index contributed by atoms with van der Waals surface area (Å²) in [4.78, 5) is 27.7. The fourth-order valence-electron chi connectivity index (χ4n) is 2.28. The van der Waals surface area contributed by atoms with Gasteiger partial charge in [-0.3, -0.25) is 9.59 Å². The van der Waals surface area contributed by atoms with E-state index in [2.05, 4.69) is 5.32 Å². The maximum absolute atomic E-state index is 12.5. The summed E-state index contributed by atoms with van der Waals surface area (Å²) in [5.41, 5.74) is 0.329. The molecule has 0 aromatic heterocycles. The number of rotatable bonds is 3. The van der Waals surface area contributed by atoms with Crippen LogP contribution in [-0.2, 0) is 4.79 Å². The third-order valence-electron chi connectivity index (χ3n) is 3.42. The third-order valence-corrected chi connectivity index (χ3v) is 4.05. The van der Waals surface area contributed by atoms with Gasteiger partial charge in [-0.05, 0) is 19.2 Å². The van der Waals surface area contributed by atoms with Crippen molar-refractivity contribution in [2.75, 3.05) is 39.8 Å². The van der Waals surface area contributed by atoms with E-state index in [1.807, 2.05) is 0 Å². The molecule has 1 aromatic rings. The molecule has 1 aliphatic rings. The van der Waals surface area contributed by atoms with Crippen molar-refractivity contribution >= 4 is 47.4 Å². The summed E-state index contributed by atoms with van der Waals surface area (Å²) in [5, 5.41) is 3.53. The number of piperazine rings is 1. The molecule has 1 aliphatic heterocycles. The van der Waals surface area contributed by atoms with Crippen LogP contribution in [0.5, 0.6) is 0 Å². The van der Waals surface area contributed by atoms with Gasteiger partial charge in [0.1, 0.15) is 0 Å². The number of halogens is 3. The summed E-state index contributed by atoms with van der Waals surface area (Å²) in [6, 6.07) is 5.00. The van der Waals surface area contributed by atoms with Gasteiger partial charge in [-0.25, -0.2) is 0 Å². The Kier molecular flexibility index (Phi) is 7.42. The molecule has 2 amide bonds. The Morgan fingerprint density at radius 1 is 1.09 bits per heavy atom. The number of nitrogens with one attached hydrogen (secondary N) is 1. The van der Waals surface area contributed by atoms with E-state index in [0.29, 0.717) is 48.3 Å². The number of carbonyl (C=O) groups is 2. The van der Waals surface area contributed by atoms with Crippen molar-refractivity contribution in [3.63, 3.8) is 0 Å². The monoisotopic (exact) mass is 365 g/mol. The third kappa shape index (κ3) is 4.26. The molecule has 1 aromatic carbocycles. The lowest BCUT2D eigenvalue weighted by Gasteiger charge is -2.35. The van der Waals surface area contributed by atoms with Crippen molar-refractivity contribution in [2.45, 2.75) is 0 Å². The van der Waals surface area contributed by atoms with Gasteiger partial charge in [-0.2, -0.15) is 0 Å². The van der Waals surface area contributed by atoms with Gasteiger partial charge in [0.2, 0.25) is 5.91 Å². The van der Waals surface area contributed by atoms with Crippen molar-refractivity contribution < 1.29 is 9.59 Å². The molecule has 1 N–H and O–H groups in total. The van der Waals surface area contributed by atoms with Gasteiger partial charge in [0.25, 0.3) is 5.91 Å². The van der Waals surface area contributed by atoms with Crippen LogP contribution in [-0.4, -0.2) is 61.4 Å². The Bertz CT molecular complexity index is 526.